The van der Waals surface area contributed by atoms with Crippen LogP contribution in [0.25, 0.3) is 0 Å². The number of carbonyl (C=O) groups is 2. The standard InChI is InChI=1S/C24H24N4O2/c1-17-7-5-8-18(13-17)15-27-22(29)16-28(21-11-3-2-4-12-21)24(30)20-10-6-9-19(14-20)23(25)26/h2-14H,15-16H2,1H3,(H3,25,26)(H,27,29). The van der Waals surface area contributed by atoms with E-state index in [1.165, 1.54) is 4.90 Å². The molecule has 6 heteroatoms. The van der Waals surface area contributed by atoms with E-state index in [9.17, 15) is 9.59 Å². The number of anilines is 1. The predicted molar refractivity (Wildman–Crippen MR) is 119 cm³/mol. The minimum Gasteiger partial charge on any atom is -0.384 e. The average Bonchev–Trinajstić information content (AvgIpc) is 2.76. The molecule has 0 heterocycles. The van der Waals surface area contributed by atoms with E-state index in [0.717, 1.165) is 11.1 Å². The molecule has 4 N–H and O–H groups in total. The number of aryl methyl sites for hydroxylation is 1. The Kier molecular flexibility index (Phi) is 6.60. The average molecular weight is 400 g/mol. The highest BCUT2D eigenvalue weighted by molar-refractivity contribution is 6.10. The number of nitrogens with two attached hydrogens (primary N) is 1. The van der Waals surface area contributed by atoms with Crippen LogP contribution >= 0.6 is 0 Å². The van der Waals surface area contributed by atoms with E-state index in [-0.39, 0.29) is 24.2 Å². The van der Waals surface area contributed by atoms with E-state index < -0.39 is 0 Å². The molecule has 0 unspecified atom stereocenters. The van der Waals surface area contributed by atoms with Gasteiger partial charge in [-0.1, -0.05) is 60.2 Å². The van der Waals surface area contributed by atoms with Crippen LogP contribution in [-0.2, 0) is 11.3 Å². The third kappa shape index (κ3) is 5.32. The van der Waals surface area contributed by atoms with Crippen LogP contribution in [0.4, 0.5) is 5.69 Å². The third-order valence-electron chi connectivity index (χ3n) is 4.61. The molecule has 0 saturated carbocycles. The Morgan fingerprint density at radius 1 is 0.933 bits per heavy atom. The van der Waals surface area contributed by atoms with Gasteiger partial charge >= 0.3 is 0 Å². The first kappa shape index (κ1) is 20.8. The summed E-state index contributed by atoms with van der Waals surface area (Å²) in [5.41, 5.74) is 9.09. The fourth-order valence-electron chi connectivity index (χ4n) is 3.09. The Morgan fingerprint density at radius 2 is 1.63 bits per heavy atom. The van der Waals surface area contributed by atoms with Crippen LogP contribution in [0.3, 0.4) is 0 Å². The SMILES string of the molecule is Cc1cccc(CNC(=O)CN(C(=O)c2cccc(C(=N)N)c2)c2ccccc2)c1. The van der Waals surface area contributed by atoms with Crippen molar-refractivity contribution in [1.29, 1.82) is 5.41 Å². The van der Waals surface area contributed by atoms with Gasteiger partial charge < -0.3 is 11.1 Å². The zero-order valence-electron chi connectivity index (χ0n) is 16.8. The molecule has 3 rings (SSSR count). The van der Waals surface area contributed by atoms with Crippen molar-refractivity contribution in [3.8, 4) is 0 Å². The fourth-order valence-corrected chi connectivity index (χ4v) is 3.09. The van der Waals surface area contributed by atoms with Gasteiger partial charge in [0, 0.05) is 23.4 Å². The Balaban J connectivity index is 1.79. The lowest BCUT2D eigenvalue weighted by atomic mass is 10.1. The molecule has 0 atom stereocenters. The van der Waals surface area contributed by atoms with E-state index in [0.29, 0.717) is 23.4 Å². The van der Waals surface area contributed by atoms with Gasteiger partial charge in [-0.25, -0.2) is 0 Å². The second-order valence-corrected chi connectivity index (χ2v) is 6.99. The first-order valence-corrected chi connectivity index (χ1v) is 9.57. The quantitative estimate of drug-likeness (QED) is 0.419. The summed E-state index contributed by atoms with van der Waals surface area (Å²) < 4.78 is 0. The van der Waals surface area contributed by atoms with E-state index in [1.54, 1.807) is 36.4 Å². The van der Waals surface area contributed by atoms with Gasteiger partial charge in [-0.15, -0.1) is 0 Å². The van der Waals surface area contributed by atoms with Crippen LogP contribution in [0.5, 0.6) is 0 Å². The van der Waals surface area contributed by atoms with Crippen LogP contribution in [0, 0.1) is 12.3 Å². The van der Waals surface area contributed by atoms with Crippen LogP contribution in [0.2, 0.25) is 0 Å². The monoisotopic (exact) mass is 400 g/mol. The molecule has 0 fully saturated rings. The summed E-state index contributed by atoms with van der Waals surface area (Å²) in [5.74, 6) is -0.724. The van der Waals surface area contributed by atoms with E-state index in [1.807, 2.05) is 49.4 Å². The molecule has 30 heavy (non-hydrogen) atoms. The lowest BCUT2D eigenvalue weighted by Gasteiger charge is -2.23. The molecule has 0 saturated heterocycles. The largest absolute Gasteiger partial charge is 0.384 e. The highest BCUT2D eigenvalue weighted by Crippen LogP contribution is 2.17. The molecular weight excluding hydrogens is 376 g/mol. The van der Waals surface area contributed by atoms with Crippen molar-refractivity contribution < 1.29 is 9.59 Å². The number of rotatable bonds is 7. The summed E-state index contributed by atoms with van der Waals surface area (Å²) >= 11 is 0. The summed E-state index contributed by atoms with van der Waals surface area (Å²) in [4.78, 5) is 27.3. The van der Waals surface area contributed by atoms with Gasteiger partial charge in [-0.3, -0.25) is 19.9 Å². The fraction of sp³-hybridized carbons (Fsp3) is 0.125. The lowest BCUT2D eigenvalue weighted by Crippen LogP contribution is -2.40. The Hall–Kier alpha value is -3.93. The molecular formula is C24H24N4O2. The first-order chi connectivity index (χ1) is 14.4. The van der Waals surface area contributed by atoms with Crippen LogP contribution in [-0.4, -0.2) is 24.2 Å². The zero-order chi connectivity index (χ0) is 21.5. The maximum atomic E-state index is 13.2. The molecule has 152 valence electrons. The van der Waals surface area contributed by atoms with Crippen molar-refractivity contribution in [2.75, 3.05) is 11.4 Å². The number of nitrogen functional groups attached to an aromatic ring is 1. The van der Waals surface area contributed by atoms with Gasteiger partial charge in [0.05, 0.1) is 0 Å². The maximum Gasteiger partial charge on any atom is 0.258 e. The van der Waals surface area contributed by atoms with Gasteiger partial charge in [0.15, 0.2) is 0 Å². The van der Waals surface area contributed by atoms with Crippen LogP contribution in [0.15, 0.2) is 78.9 Å². The van der Waals surface area contributed by atoms with E-state index in [2.05, 4.69) is 5.32 Å². The molecule has 0 aliphatic carbocycles. The van der Waals surface area contributed by atoms with E-state index in [4.69, 9.17) is 11.1 Å². The molecule has 3 aromatic rings. The lowest BCUT2D eigenvalue weighted by molar-refractivity contribution is -0.119. The third-order valence-corrected chi connectivity index (χ3v) is 4.61. The number of amidine groups is 1. The van der Waals surface area contributed by atoms with Gasteiger partial charge in [0.25, 0.3) is 5.91 Å². The van der Waals surface area contributed by atoms with Crippen molar-refractivity contribution >= 4 is 23.3 Å². The van der Waals surface area contributed by atoms with Crippen LogP contribution in [0.1, 0.15) is 27.0 Å². The zero-order valence-corrected chi connectivity index (χ0v) is 16.8. The molecule has 0 radical (unpaired) electrons. The van der Waals surface area contributed by atoms with Crippen molar-refractivity contribution in [2.24, 2.45) is 5.73 Å². The van der Waals surface area contributed by atoms with Gasteiger partial charge in [-0.2, -0.15) is 0 Å². The summed E-state index contributed by atoms with van der Waals surface area (Å²) in [5, 5.41) is 10.5. The molecule has 3 aromatic carbocycles. The number of benzene rings is 3. The van der Waals surface area contributed by atoms with Crippen molar-refractivity contribution in [3.63, 3.8) is 0 Å². The minimum absolute atomic E-state index is 0.119. The second kappa shape index (κ2) is 9.52. The normalized spacial score (nSPS) is 10.3. The molecule has 0 spiro atoms. The number of nitrogens with zero attached hydrogens (tertiary/aromatic N) is 1. The first-order valence-electron chi connectivity index (χ1n) is 9.57. The molecule has 6 nitrogen and oxygen atoms in total. The summed E-state index contributed by atoms with van der Waals surface area (Å²) in [7, 11) is 0. The number of carbonyl (C=O) groups excluding carboxylic acids is 2. The molecule has 2 amide bonds. The predicted octanol–water partition coefficient (Wildman–Crippen LogP) is 3.24. The van der Waals surface area contributed by atoms with Crippen molar-refractivity contribution in [3.05, 3.63) is 101 Å². The van der Waals surface area contributed by atoms with Crippen LogP contribution < -0.4 is 16.0 Å². The number of hydrogen-bond acceptors (Lipinski definition) is 3. The highest BCUT2D eigenvalue weighted by atomic mass is 16.2. The highest BCUT2D eigenvalue weighted by Gasteiger charge is 2.21. The van der Waals surface area contributed by atoms with Gasteiger partial charge in [-0.05, 0) is 36.8 Å². The maximum absolute atomic E-state index is 13.2. The molecule has 0 aliphatic rings. The Labute approximate surface area is 175 Å². The van der Waals surface area contributed by atoms with Crippen molar-refractivity contribution in [1.82, 2.24) is 5.32 Å². The van der Waals surface area contributed by atoms with E-state index >= 15 is 0 Å². The summed E-state index contributed by atoms with van der Waals surface area (Å²) in [6.45, 7) is 2.26. The number of para-hydroxylation sites is 1. The number of hydrogen-bond donors (Lipinski definition) is 3. The van der Waals surface area contributed by atoms with Crippen molar-refractivity contribution in [2.45, 2.75) is 13.5 Å². The molecule has 0 bridgehead atoms. The van der Waals surface area contributed by atoms with Gasteiger partial charge in [0.2, 0.25) is 5.91 Å². The Morgan fingerprint density at radius 3 is 2.33 bits per heavy atom. The Bertz CT molecular complexity index is 1060. The van der Waals surface area contributed by atoms with Gasteiger partial charge in [0.1, 0.15) is 12.4 Å². The summed E-state index contributed by atoms with van der Waals surface area (Å²) in [6.07, 6.45) is 0. The molecule has 0 aromatic heterocycles. The second-order valence-electron chi connectivity index (χ2n) is 6.99. The number of nitrogens with one attached hydrogen (secondary N) is 2. The minimum atomic E-state index is -0.338. The molecule has 0 aliphatic heterocycles. The summed E-state index contributed by atoms with van der Waals surface area (Å²) in [6, 6.07) is 23.5. The number of amides is 2. The smallest absolute Gasteiger partial charge is 0.258 e. The topological polar surface area (TPSA) is 99.3 Å².